The Hall–Kier alpha value is -3.41. The standard InChI is InChI=1S/C22H22FN5/c1-14-25-19-9-8-15(12-20(19)26-14)18-10-11-21(28-27-18)24-13-22(2,3)16-6-4-5-7-17(16)23/h4-12,25-26H,1,13H2,2-3H3,(H,24,28). The van der Waals surface area contributed by atoms with Gasteiger partial charge in [0.05, 0.1) is 17.1 Å². The van der Waals surface area contributed by atoms with Crippen molar-refractivity contribution in [3.05, 3.63) is 78.4 Å². The van der Waals surface area contributed by atoms with E-state index < -0.39 is 0 Å². The van der Waals surface area contributed by atoms with E-state index in [-0.39, 0.29) is 11.2 Å². The number of nitrogens with one attached hydrogen (secondary N) is 3. The lowest BCUT2D eigenvalue weighted by Crippen LogP contribution is -2.29. The summed E-state index contributed by atoms with van der Waals surface area (Å²) < 4.78 is 14.1. The lowest BCUT2D eigenvalue weighted by Gasteiger charge is -2.26. The van der Waals surface area contributed by atoms with Crippen LogP contribution in [0.3, 0.4) is 0 Å². The summed E-state index contributed by atoms with van der Waals surface area (Å²) in [5.74, 6) is 1.22. The molecule has 1 aliphatic rings. The van der Waals surface area contributed by atoms with E-state index in [1.807, 2.05) is 56.3 Å². The minimum Gasteiger partial charge on any atom is -0.368 e. The Morgan fingerprint density at radius 3 is 2.54 bits per heavy atom. The van der Waals surface area contributed by atoms with Gasteiger partial charge in [0.15, 0.2) is 0 Å². The summed E-state index contributed by atoms with van der Waals surface area (Å²) in [5.41, 5.74) is 4.00. The predicted octanol–water partition coefficient (Wildman–Crippen LogP) is 4.98. The Balaban J connectivity index is 1.46. The highest BCUT2D eigenvalue weighted by Crippen LogP contribution is 2.33. The highest BCUT2D eigenvalue weighted by molar-refractivity contribution is 5.83. The Morgan fingerprint density at radius 1 is 1.00 bits per heavy atom. The number of hydrogen-bond acceptors (Lipinski definition) is 5. The van der Waals surface area contributed by atoms with E-state index in [2.05, 4.69) is 32.7 Å². The molecule has 6 heteroatoms. The van der Waals surface area contributed by atoms with E-state index in [1.165, 1.54) is 6.07 Å². The van der Waals surface area contributed by atoms with Crippen LogP contribution in [0.15, 0.2) is 67.0 Å². The summed E-state index contributed by atoms with van der Waals surface area (Å²) in [6, 6.07) is 16.7. The molecule has 0 bridgehead atoms. The first kappa shape index (κ1) is 18.0. The minimum absolute atomic E-state index is 0.196. The maximum Gasteiger partial charge on any atom is 0.148 e. The molecule has 0 radical (unpaired) electrons. The Morgan fingerprint density at radius 2 is 1.79 bits per heavy atom. The molecule has 1 aliphatic heterocycles. The molecule has 3 N–H and O–H groups in total. The van der Waals surface area contributed by atoms with Crippen molar-refractivity contribution in [3.8, 4) is 11.3 Å². The van der Waals surface area contributed by atoms with Crippen LogP contribution in [-0.2, 0) is 5.41 Å². The molecule has 4 rings (SSSR count). The molecule has 2 heterocycles. The van der Waals surface area contributed by atoms with Crippen LogP contribution in [0.5, 0.6) is 0 Å². The third kappa shape index (κ3) is 3.53. The van der Waals surface area contributed by atoms with E-state index in [9.17, 15) is 4.39 Å². The van der Waals surface area contributed by atoms with Gasteiger partial charge in [0.2, 0.25) is 0 Å². The molecule has 0 saturated heterocycles. The van der Waals surface area contributed by atoms with E-state index in [0.29, 0.717) is 17.9 Å². The fraction of sp³-hybridized carbons (Fsp3) is 0.182. The number of aromatic nitrogens is 2. The summed E-state index contributed by atoms with van der Waals surface area (Å²) in [6.07, 6.45) is 0. The zero-order valence-electron chi connectivity index (χ0n) is 15.9. The van der Waals surface area contributed by atoms with Gasteiger partial charge in [0.25, 0.3) is 0 Å². The number of fused-ring (bicyclic) bond motifs is 1. The largest absolute Gasteiger partial charge is 0.368 e. The maximum atomic E-state index is 14.1. The van der Waals surface area contributed by atoms with Crippen LogP contribution >= 0.6 is 0 Å². The monoisotopic (exact) mass is 375 g/mol. The van der Waals surface area contributed by atoms with Crippen LogP contribution in [0.2, 0.25) is 0 Å². The van der Waals surface area contributed by atoms with Gasteiger partial charge in [-0.3, -0.25) is 0 Å². The van der Waals surface area contributed by atoms with Crippen molar-refractivity contribution in [2.75, 3.05) is 22.5 Å². The van der Waals surface area contributed by atoms with E-state index in [0.717, 1.165) is 28.5 Å². The van der Waals surface area contributed by atoms with Crippen molar-refractivity contribution in [1.29, 1.82) is 0 Å². The van der Waals surface area contributed by atoms with Crippen molar-refractivity contribution in [2.24, 2.45) is 0 Å². The first-order valence-electron chi connectivity index (χ1n) is 9.12. The molecule has 0 amide bonds. The van der Waals surface area contributed by atoms with Gasteiger partial charge < -0.3 is 16.0 Å². The van der Waals surface area contributed by atoms with Gasteiger partial charge >= 0.3 is 0 Å². The van der Waals surface area contributed by atoms with Gasteiger partial charge in [-0.15, -0.1) is 10.2 Å². The lowest BCUT2D eigenvalue weighted by atomic mass is 9.84. The Kier molecular flexibility index (Phi) is 4.47. The summed E-state index contributed by atoms with van der Waals surface area (Å²) >= 11 is 0. The highest BCUT2D eigenvalue weighted by atomic mass is 19.1. The Labute approximate surface area is 163 Å². The molecule has 0 atom stereocenters. The van der Waals surface area contributed by atoms with Crippen molar-refractivity contribution in [2.45, 2.75) is 19.3 Å². The van der Waals surface area contributed by atoms with Crippen molar-refractivity contribution >= 4 is 17.2 Å². The molecule has 0 aliphatic carbocycles. The lowest BCUT2D eigenvalue weighted by molar-refractivity contribution is 0.504. The molecule has 2 aromatic carbocycles. The second-order valence-corrected chi connectivity index (χ2v) is 7.51. The van der Waals surface area contributed by atoms with Crippen LogP contribution in [0, 0.1) is 5.82 Å². The summed E-state index contributed by atoms with van der Waals surface area (Å²) in [4.78, 5) is 0. The van der Waals surface area contributed by atoms with Gasteiger partial charge in [-0.25, -0.2) is 4.39 Å². The molecule has 28 heavy (non-hydrogen) atoms. The number of rotatable bonds is 5. The molecule has 0 saturated carbocycles. The number of hydrogen-bond donors (Lipinski definition) is 3. The first-order chi connectivity index (χ1) is 13.4. The topological polar surface area (TPSA) is 61.9 Å². The number of halogens is 1. The summed E-state index contributed by atoms with van der Waals surface area (Å²) in [5, 5.41) is 18.2. The zero-order valence-corrected chi connectivity index (χ0v) is 15.9. The molecular formula is C22H22FN5. The predicted molar refractivity (Wildman–Crippen MR) is 112 cm³/mol. The normalized spacial score (nSPS) is 12.9. The van der Waals surface area contributed by atoms with Crippen molar-refractivity contribution < 1.29 is 4.39 Å². The molecule has 0 spiro atoms. The summed E-state index contributed by atoms with van der Waals surface area (Å²) in [7, 11) is 0. The highest BCUT2D eigenvalue weighted by Gasteiger charge is 2.24. The van der Waals surface area contributed by atoms with Crippen molar-refractivity contribution in [3.63, 3.8) is 0 Å². The number of nitrogens with zero attached hydrogens (tertiary/aromatic N) is 2. The second kappa shape index (κ2) is 6.96. The average molecular weight is 375 g/mol. The van der Waals surface area contributed by atoms with Crippen LogP contribution < -0.4 is 16.0 Å². The van der Waals surface area contributed by atoms with E-state index in [4.69, 9.17) is 0 Å². The van der Waals surface area contributed by atoms with E-state index >= 15 is 0 Å². The van der Waals surface area contributed by atoms with Crippen LogP contribution in [0.4, 0.5) is 21.6 Å². The molecule has 0 unspecified atom stereocenters. The fourth-order valence-corrected chi connectivity index (χ4v) is 3.27. The van der Waals surface area contributed by atoms with Crippen LogP contribution in [0.1, 0.15) is 19.4 Å². The van der Waals surface area contributed by atoms with Gasteiger partial charge in [0.1, 0.15) is 17.5 Å². The third-order valence-electron chi connectivity index (χ3n) is 4.87. The Bertz CT molecular complexity index is 1030. The minimum atomic E-state index is -0.382. The molecular weight excluding hydrogens is 353 g/mol. The maximum absolute atomic E-state index is 14.1. The first-order valence-corrected chi connectivity index (χ1v) is 9.12. The molecule has 0 fully saturated rings. The van der Waals surface area contributed by atoms with Gasteiger partial charge in [-0.05, 0) is 35.9 Å². The molecule has 142 valence electrons. The fourth-order valence-electron chi connectivity index (χ4n) is 3.27. The third-order valence-corrected chi connectivity index (χ3v) is 4.87. The number of benzene rings is 2. The molecule has 5 nitrogen and oxygen atoms in total. The van der Waals surface area contributed by atoms with Gasteiger partial charge in [-0.2, -0.15) is 0 Å². The smallest absolute Gasteiger partial charge is 0.148 e. The van der Waals surface area contributed by atoms with E-state index in [1.54, 1.807) is 6.07 Å². The van der Waals surface area contributed by atoms with Gasteiger partial charge in [0, 0.05) is 17.5 Å². The quantitative estimate of drug-likeness (QED) is 0.587. The zero-order chi connectivity index (χ0) is 19.7. The van der Waals surface area contributed by atoms with Crippen LogP contribution in [-0.4, -0.2) is 16.7 Å². The van der Waals surface area contributed by atoms with Crippen LogP contribution in [0.25, 0.3) is 11.3 Å². The second-order valence-electron chi connectivity index (χ2n) is 7.51. The molecule has 3 aromatic rings. The SMILES string of the molecule is C=C1Nc2ccc(-c3ccc(NCC(C)(C)c4ccccc4F)nn3)cc2N1. The van der Waals surface area contributed by atoms with Crippen molar-refractivity contribution in [1.82, 2.24) is 10.2 Å². The molecule has 1 aromatic heterocycles. The van der Waals surface area contributed by atoms with Gasteiger partial charge in [-0.1, -0.05) is 44.7 Å². The average Bonchev–Trinajstić information content (AvgIpc) is 3.06. The number of anilines is 3. The summed E-state index contributed by atoms with van der Waals surface area (Å²) in [6.45, 7) is 8.41.